The minimum atomic E-state index is 0.101. The second kappa shape index (κ2) is 7.09. The molecule has 0 fully saturated rings. The highest BCUT2D eigenvalue weighted by atomic mass is 16.2. The first kappa shape index (κ1) is 14.6. The number of carbonyl (C=O) groups excluding carboxylic acids is 1. The first-order chi connectivity index (χ1) is 8.63. The fourth-order valence-electron chi connectivity index (χ4n) is 2.15. The van der Waals surface area contributed by atoms with E-state index in [0.717, 1.165) is 44.6 Å². The maximum atomic E-state index is 12.5. The lowest BCUT2D eigenvalue weighted by molar-refractivity contribution is 0.0744. The Morgan fingerprint density at radius 2 is 1.83 bits per heavy atom. The number of hydrogen-bond acceptors (Lipinski definition) is 2. The lowest BCUT2D eigenvalue weighted by Gasteiger charge is -2.22. The Bertz CT molecular complexity index is 378. The Labute approximate surface area is 110 Å². The first-order valence-corrected chi connectivity index (χ1v) is 6.88. The van der Waals surface area contributed by atoms with Crippen LogP contribution in [0, 0.1) is 0 Å². The van der Waals surface area contributed by atoms with Gasteiger partial charge in [0.25, 0.3) is 5.91 Å². The van der Waals surface area contributed by atoms with E-state index in [9.17, 15) is 4.79 Å². The average molecular weight is 251 g/mol. The molecule has 1 aromatic heterocycles. The van der Waals surface area contributed by atoms with Gasteiger partial charge < -0.3 is 15.2 Å². The molecule has 0 saturated heterocycles. The highest BCUT2D eigenvalue weighted by Crippen LogP contribution is 2.14. The average Bonchev–Trinajstić information content (AvgIpc) is 2.70. The second-order valence-corrected chi connectivity index (χ2v) is 4.64. The molecule has 0 saturated carbocycles. The number of nitrogen functional groups attached to an aromatic ring is 1. The van der Waals surface area contributed by atoms with Crippen LogP contribution in [0.1, 0.15) is 50.5 Å². The van der Waals surface area contributed by atoms with Gasteiger partial charge in [-0.25, -0.2) is 0 Å². The SMILES string of the molecule is CCCN(CCC)C(=O)c1cc(N)cn1CCC. The summed E-state index contributed by atoms with van der Waals surface area (Å²) in [5.74, 6) is 0.101. The van der Waals surface area contributed by atoms with Gasteiger partial charge in [0, 0.05) is 25.8 Å². The molecule has 0 radical (unpaired) electrons. The van der Waals surface area contributed by atoms with Gasteiger partial charge in [-0.15, -0.1) is 0 Å². The van der Waals surface area contributed by atoms with E-state index in [1.54, 1.807) is 6.07 Å². The summed E-state index contributed by atoms with van der Waals surface area (Å²) < 4.78 is 1.97. The van der Waals surface area contributed by atoms with E-state index >= 15 is 0 Å². The molecule has 2 N–H and O–H groups in total. The number of anilines is 1. The van der Waals surface area contributed by atoms with Gasteiger partial charge in [-0.2, -0.15) is 0 Å². The highest BCUT2D eigenvalue weighted by molar-refractivity contribution is 5.93. The highest BCUT2D eigenvalue weighted by Gasteiger charge is 2.18. The number of aromatic nitrogens is 1. The van der Waals surface area contributed by atoms with Gasteiger partial charge in [-0.3, -0.25) is 4.79 Å². The molecule has 102 valence electrons. The lowest BCUT2D eigenvalue weighted by atomic mass is 10.3. The van der Waals surface area contributed by atoms with Crippen LogP contribution in [-0.2, 0) is 6.54 Å². The maximum Gasteiger partial charge on any atom is 0.270 e. The zero-order chi connectivity index (χ0) is 13.5. The molecule has 0 atom stereocenters. The second-order valence-electron chi connectivity index (χ2n) is 4.64. The summed E-state index contributed by atoms with van der Waals surface area (Å²) in [6.07, 6.45) is 4.81. The van der Waals surface area contributed by atoms with Crippen molar-refractivity contribution >= 4 is 11.6 Å². The summed E-state index contributed by atoms with van der Waals surface area (Å²) >= 11 is 0. The molecule has 0 aliphatic heterocycles. The van der Waals surface area contributed by atoms with E-state index in [2.05, 4.69) is 20.8 Å². The predicted octanol–water partition coefficient (Wildman–Crippen LogP) is 2.74. The topological polar surface area (TPSA) is 51.3 Å². The Hall–Kier alpha value is -1.45. The van der Waals surface area contributed by atoms with Crippen molar-refractivity contribution in [3.8, 4) is 0 Å². The van der Waals surface area contributed by atoms with Gasteiger partial charge in [0.2, 0.25) is 0 Å². The van der Waals surface area contributed by atoms with Crippen LogP contribution >= 0.6 is 0 Å². The fraction of sp³-hybridized carbons (Fsp3) is 0.643. The number of aryl methyl sites for hydroxylation is 1. The minimum Gasteiger partial charge on any atom is -0.397 e. The summed E-state index contributed by atoms with van der Waals surface area (Å²) in [7, 11) is 0. The van der Waals surface area contributed by atoms with Crippen molar-refractivity contribution < 1.29 is 4.79 Å². The molecular formula is C14H25N3O. The van der Waals surface area contributed by atoms with E-state index < -0.39 is 0 Å². The zero-order valence-electron chi connectivity index (χ0n) is 11.8. The summed E-state index contributed by atoms with van der Waals surface area (Å²) in [6.45, 7) is 8.74. The van der Waals surface area contributed by atoms with Crippen LogP contribution < -0.4 is 5.73 Å². The molecule has 4 heteroatoms. The van der Waals surface area contributed by atoms with E-state index in [4.69, 9.17) is 5.73 Å². The predicted molar refractivity (Wildman–Crippen MR) is 75.6 cm³/mol. The van der Waals surface area contributed by atoms with Crippen molar-refractivity contribution in [2.45, 2.75) is 46.6 Å². The molecule has 0 spiro atoms. The summed E-state index contributed by atoms with van der Waals surface area (Å²) in [5.41, 5.74) is 7.19. The summed E-state index contributed by atoms with van der Waals surface area (Å²) in [5, 5.41) is 0. The number of hydrogen-bond donors (Lipinski definition) is 1. The number of amides is 1. The van der Waals surface area contributed by atoms with E-state index in [1.165, 1.54) is 0 Å². The van der Waals surface area contributed by atoms with Crippen LogP contribution in [-0.4, -0.2) is 28.5 Å². The monoisotopic (exact) mass is 251 g/mol. The molecule has 1 rings (SSSR count). The van der Waals surface area contributed by atoms with Gasteiger partial charge in [0.1, 0.15) is 5.69 Å². The molecule has 1 aromatic rings. The Kier molecular flexibility index (Phi) is 5.75. The summed E-state index contributed by atoms with van der Waals surface area (Å²) in [4.78, 5) is 14.4. The standard InChI is InChI=1S/C14H25N3O/c1-4-7-16(8-5-2)14(18)13-10-12(15)11-17(13)9-6-3/h10-11H,4-9,15H2,1-3H3. The van der Waals surface area contributed by atoms with Crippen molar-refractivity contribution in [3.63, 3.8) is 0 Å². The third-order valence-corrected chi connectivity index (χ3v) is 2.88. The molecule has 0 unspecified atom stereocenters. The third kappa shape index (κ3) is 3.52. The van der Waals surface area contributed by atoms with Crippen molar-refractivity contribution in [1.82, 2.24) is 9.47 Å². The van der Waals surface area contributed by atoms with Crippen LogP contribution in [0.5, 0.6) is 0 Å². The molecule has 0 aliphatic carbocycles. The molecule has 0 aromatic carbocycles. The van der Waals surface area contributed by atoms with Gasteiger partial charge in [0.05, 0.1) is 5.69 Å². The molecule has 0 bridgehead atoms. The normalized spacial score (nSPS) is 10.6. The van der Waals surface area contributed by atoms with Gasteiger partial charge >= 0.3 is 0 Å². The van der Waals surface area contributed by atoms with Crippen molar-refractivity contribution in [1.29, 1.82) is 0 Å². The number of nitrogens with two attached hydrogens (primary N) is 1. The number of nitrogens with zero attached hydrogens (tertiary/aromatic N) is 2. The molecular weight excluding hydrogens is 226 g/mol. The van der Waals surface area contributed by atoms with Crippen LogP contribution in [0.25, 0.3) is 0 Å². The van der Waals surface area contributed by atoms with E-state index in [-0.39, 0.29) is 5.91 Å². The smallest absolute Gasteiger partial charge is 0.270 e. The Morgan fingerprint density at radius 3 is 2.33 bits per heavy atom. The first-order valence-electron chi connectivity index (χ1n) is 6.88. The van der Waals surface area contributed by atoms with Gasteiger partial charge in [0.15, 0.2) is 0 Å². The van der Waals surface area contributed by atoms with Crippen LogP contribution in [0.2, 0.25) is 0 Å². The molecule has 4 nitrogen and oxygen atoms in total. The van der Waals surface area contributed by atoms with Crippen molar-refractivity contribution in [2.75, 3.05) is 18.8 Å². The molecule has 1 heterocycles. The number of rotatable bonds is 7. The van der Waals surface area contributed by atoms with E-state index in [0.29, 0.717) is 5.69 Å². The van der Waals surface area contributed by atoms with E-state index in [1.807, 2.05) is 15.7 Å². The number of carbonyl (C=O) groups is 1. The largest absolute Gasteiger partial charge is 0.397 e. The fourth-order valence-corrected chi connectivity index (χ4v) is 2.15. The van der Waals surface area contributed by atoms with Crippen LogP contribution in [0.4, 0.5) is 5.69 Å². The quantitative estimate of drug-likeness (QED) is 0.810. The van der Waals surface area contributed by atoms with Crippen LogP contribution in [0.15, 0.2) is 12.3 Å². The summed E-state index contributed by atoms with van der Waals surface area (Å²) in [6, 6.07) is 1.79. The van der Waals surface area contributed by atoms with Crippen molar-refractivity contribution in [2.24, 2.45) is 0 Å². The molecule has 0 aliphatic rings. The van der Waals surface area contributed by atoms with Crippen molar-refractivity contribution in [3.05, 3.63) is 18.0 Å². The maximum absolute atomic E-state index is 12.5. The minimum absolute atomic E-state index is 0.101. The zero-order valence-corrected chi connectivity index (χ0v) is 11.8. The molecule has 1 amide bonds. The van der Waals surface area contributed by atoms with Crippen LogP contribution in [0.3, 0.4) is 0 Å². The lowest BCUT2D eigenvalue weighted by Crippen LogP contribution is -2.33. The van der Waals surface area contributed by atoms with Gasteiger partial charge in [-0.1, -0.05) is 20.8 Å². The Morgan fingerprint density at radius 1 is 1.22 bits per heavy atom. The molecule has 18 heavy (non-hydrogen) atoms. The third-order valence-electron chi connectivity index (χ3n) is 2.88. The Balaban J connectivity index is 2.92. The van der Waals surface area contributed by atoms with Gasteiger partial charge in [-0.05, 0) is 25.3 Å².